The maximum atomic E-state index is 12.7. The Morgan fingerprint density at radius 2 is 1.95 bits per heavy atom. The molecule has 1 aromatic rings. The first kappa shape index (κ1) is 13.4. The third-order valence-electron chi connectivity index (χ3n) is 4.21. The molecule has 0 radical (unpaired) electrons. The second-order valence-electron chi connectivity index (χ2n) is 5.56. The lowest BCUT2D eigenvalue weighted by Crippen LogP contribution is -3.16. The Labute approximate surface area is 117 Å². The normalized spacial score (nSPS) is 28.1. The number of nitrogens with one attached hydrogen (secondary N) is 1. The van der Waals surface area contributed by atoms with Crippen LogP contribution in [0.2, 0.25) is 0 Å². The molecule has 0 aromatic heterocycles. The molecule has 3 fully saturated rings. The zero-order valence-corrected chi connectivity index (χ0v) is 11.3. The van der Waals surface area contributed by atoms with Crippen molar-refractivity contribution < 1.29 is 23.6 Å². The molecule has 5 heteroatoms. The summed E-state index contributed by atoms with van der Waals surface area (Å²) in [5.41, 5.74) is 0. The van der Waals surface area contributed by atoms with Crippen molar-refractivity contribution in [3.8, 4) is 5.75 Å². The highest BCUT2D eigenvalue weighted by Crippen LogP contribution is 2.21. The van der Waals surface area contributed by atoms with Crippen molar-refractivity contribution in [1.82, 2.24) is 0 Å². The number of rotatable bonds is 4. The minimum atomic E-state index is -0.340. The van der Waals surface area contributed by atoms with Gasteiger partial charge in [-0.15, -0.1) is 0 Å². The molecule has 0 spiro atoms. The smallest absolute Gasteiger partial charge is 0.344 e. The Bertz CT molecular complexity index is 469. The van der Waals surface area contributed by atoms with Crippen molar-refractivity contribution in [2.75, 3.05) is 26.2 Å². The molecule has 3 aliphatic heterocycles. The van der Waals surface area contributed by atoms with E-state index in [4.69, 9.17) is 9.47 Å². The van der Waals surface area contributed by atoms with Crippen LogP contribution < -0.4 is 9.64 Å². The number of esters is 1. The first-order chi connectivity index (χ1) is 9.70. The second kappa shape index (κ2) is 5.79. The Hall–Kier alpha value is -1.62. The Morgan fingerprint density at radius 3 is 2.55 bits per heavy atom. The molecule has 2 bridgehead atoms. The highest BCUT2D eigenvalue weighted by Gasteiger charge is 2.39. The summed E-state index contributed by atoms with van der Waals surface area (Å²) in [6.07, 6.45) is 2.33. The topological polar surface area (TPSA) is 40.0 Å². The van der Waals surface area contributed by atoms with Gasteiger partial charge in [-0.3, -0.25) is 0 Å². The van der Waals surface area contributed by atoms with E-state index in [2.05, 4.69) is 0 Å². The average Bonchev–Trinajstić information content (AvgIpc) is 2.48. The molecule has 0 aliphatic carbocycles. The fraction of sp³-hybridized carbons (Fsp3) is 0.533. The van der Waals surface area contributed by atoms with Crippen LogP contribution in [0.25, 0.3) is 0 Å². The van der Waals surface area contributed by atoms with Crippen molar-refractivity contribution in [2.24, 2.45) is 5.92 Å². The zero-order chi connectivity index (χ0) is 13.9. The predicted octanol–water partition coefficient (Wildman–Crippen LogP) is 0.425. The summed E-state index contributed by atoms with van der Waals surface area (Å²) < 4.78 is 23.5. The molecule has 1 atom stereocenters. The predicted molar refractivity (Wildman–Crippen MR) is 70.1 cm³/mol. The maximum Gasteiger partial charge on any atom is 0.344 e. The SMILES string of the molecule is O=C(COc1ccc(F)cc1)O[C@H]1C[NH+]2CCC1CC2. The van der Waals surface area contributed by atoms with Gasteiger partial charge in [0.15, 0.2) is 12.7 Å². The summed E-state index contributed by atoms with van der Waals surface area (Å²) in [7, 11) is 0. The lowest BCUT2D eigenvalue weighted by molar-refractivity contribution is -0.920. The third-order valence-corrected chi connectivity index (χ3v) is 4.21. The number of fused-ring (bicyclic) bond motifs is 3. The van der Waals surface area contributed by atoms with Crippen molar-refractivity contribution in [1.29, 1.82) is 0 Å². The van der Waals surface area contributed by atoms with Gasteiger partial charge in [0.05, 0.1) is 13.1 Å². The van der Waals surface area contributed by atoms with E-state index in [-0.39, 0.29) is 24.5 Å². The van der Waals surface area contributed by atoms with Crippen LogP contribution in [0.15, 0.2) is 24.3 Å². The Morgan fingerprint density at radius 1 is 1.25 bits per heavy atom. The van der Waals surface area contributed by atoms with Gasteiger partial charge < -0.3 is 14.4 Å². The number of hydrogen-bond acceptors (Lipinski definition) is 3. The minimum Gasteiger partial charge on any atom is -0.482 e. The Kier molecular flexibility index (Phi) is 3.87. The number of benzene rings is 1. The van der Waals surface area contributed by atoms with Crippen molar-refractivity contribution in [3.05, 3.63) is 30.1 Å². The van der Waals surface area contributed by atoms with Crippen molar-refractivity contribution >= 4 is 5.97 Å². The van der Waals surface area contributed by atoms with Crippen LogP contribution in [0, 0.1) is 11.7 Å². The lowest BCUT2D eigenvalue weighted by Gasteiger charge is -2.40. The average molecular weight is 280 g/mol. The van der Waals surface area contributed by atoms with E-state index in [1.807, 2.05) is 0 Å². The summed E-state index contributed by atoms with van der Waals surface area (Å²) in [4.78, 5) is 13.3. The highest BCUT2D eigenvalue weighted by atomic mass is 19.1. The lowest BCUT2D eigenvalue weighted by atomic mass is 9.86. The molecule has 108 valence electrons. The van der Waals surface area contributed by atoms with Crippen molar-refractivity contribution in [3.63, 3.8) is 0 Å². The molecule has 3 aliphatic rings. The molecule has 0 amide bonds. The second-order valence-corrected chi connectivity index (χ2v) is 5.56. The summed E-state index contributed by atoms with van der Waals surface area (Å²) in [6, 6.07) is 5.61. The van der Waals surface area contributed by atoms with Gasteiger partial charge in [0.2, 0.25) is 0 Å². The molecular weight excluding hydrogens is 261 g/mol. The standard InChI is InChI=1S/C15H18FNO3/c16-12-1-3-13(4-2-12)19-10-15(18)20-14-9-17-7-5-11(14)6-8-17/h1-4,11,14H,5-10H2/p+1/t14-/m0/s1. The fourth-order valence-corrected chi connectivity index (χ4v) is 3.09. The highest BCUT2D eigenvalue weighted by molar-refractivity contribution is 5.71. The zero-order valence-electron chi connectivity index (χ0n) is 11.3. The molecular formula is C15H19FNO3+. The van der Waals surface area contributed by atoms with Crippen LogP contribution >= 0.6 is 0 Å². The van der Waals surface area contributed by atoms with Gasteiger partial charge in [-0.1, -0.05) is 0 Å². The number of ether oxygens (including phenoxy) is 2. The van der Waals surface area contributed by atoms with Crippen molar-refractivity contribution in [2.45, 2.75) is 18.9 Å². The molecule has 4 rings (SSSR count). The van der Waals surface area contributed by atoms with Crippen LogP contribution in [-0.4, -0.2) is 38.3 Å². The summed E-state index contributed by atoms with van der Waals surface area (Å²) in [5, 5.41) is 0. The summed E-state index contributed by atoms with van der Waals surface area (Å²) in [6.45, 7) is 3.20. The first-order valence-corrected chi connectivity index (χ1v) is 7.12. The molecule has 4 nitrogen and oxygen atoms in total. The van der Waals surface area contributed by atoms with Crippen LogP contribution in [0.1, 0.15) is 12.8 Å². The number of piperidine rings is 3. The molecule has 1 aromatic carbocycles. The molecule has 0 saturated carbocycles. The maximum absolute atomic E-state index is 12.7. The molecule has 20 heavy (non-hydrogen) atoms. The largest absolute Gasteiger partial charge is 0.482 e. The number of hydrogen-bond donors (Lipinski definition) is 1. The molecule has 3 heterocycles. The van der Waals surface area contributed by atoms with Gasteiger partial charge in [-0.25, -0.2) is 9.18 Å². The van der Waals surface area contributed by atoms with E-state index in [1.165, 1.54) is 42.3 Å². The van der Waals surface area contributed by atoms with E-state index in [1.54, 1.807) is 0 Å². The Balaban J connectivity index is 1.46. The first-order valence-electron chi connectivity index (χ1n) is 7.12. The number of quaternary nitrogens is 1. The molecule has 1 N–H and O–H groups in total. The van der Waals surface area contributed by atoms with Gasteiger partial charge in [0.1, 0.15) is 18.1 Å². The summed E-state index contributed by atoms with van der Waals surface area (Å²) in [5.74, 6) is 0.327. The quantitative estimate of drug-likeness (QED) is 0.813. The number of carbonyl (C=O) groups excluding carboxylic acids is 1. The van der Waals surface area contributed by atoms with Gasteiger partial charge >= 0.3 is 5.97 Å². The van der Waals surface area contributed by atoms with Gasteiger partial charge in [-0.05, 0) is 24.3 Å². The van der Waals surface area contributed by atoms with Gasteiger partial charge in [0.25, 0.3) is 0 Å². The van der Waals surface area contributed by atoms with Crippen LogP contribution in [0.5, 0.6) is 5.75 Å². The number of halogens is 1. The summed E-state index contributed by atoms with van der Waals surface area (Å²) >= 11 is 0. The third kappa shape index (κ3) is 3.10. The van der Waals surface area contributed by atoms with Crippen LogP contribution in [-0.2, 0) is 9.53 Å². The molecule has 0 unspecified atom stereocenters. The van der Waals surface area contributed by atoms with Crippen LogP contribution in [0.4, 0.5) is 4.39 Å². The van der Waals surface area contributed by atoms with E-state index in [0.717, 1.165) is 19.4 Å². The fourth-order valence-electron chi connectivity index (χ4n) is 3.09. The van der Waals surface area contributed by atoms with E-state index in [0.29, 0.717) is 11.7 Å². The number of carbonyl (C=O) groups is 1. The molecule has 3 saturated heterocycles. The van der Waals surface area contributed by atoms with Gasteiger partial charge in [-0.2, -0.15) is 0 Å². The van der Waals surface area contributed by atoms with Crippen LogP contribution in [0.3, 0.4) is 0 Å². The van der Waals surface area contributed by atoms with E-state index in [9.17, 15) is 9.18 Å². The monoisotopic (exact) mass is 280 g/mol. The van der Waals surface area contributed by atoms with Gasteiger partial charge in [0, 0.05) is 18.8 Å². The minimum absolute atomic E-state index is 0.0387. The van der Waals surface area contributed by atoms with E-state index >= 15 is 0 Å². The van der Waals surface area contributed by atoms with E-state index < -0.39 is 0 Å².